The van der Waals surface area contributed by atoms with Crippen LogP contribution in [0.25, 0.3) is 0 Å². The van der Waals surface area contributed by atoms with Crippen LogP contribution in [0.15, 0.2) is 35.3 Å². The Bertz CT molecular complexity index is 786. The molecular formula is C19H24F3N3O4S. The molecule has 166 valence electrons. The van der Waals surface area contributed by atoms with Crippen molar-refractivity contribution in [3.63, 3.8) is 0 Å². The molecule has 4 heterocycles. The van der Waals surface area contributed by atoms with E-state index in [1.807, 2.05) is 23.1 Å². The SMILES string of the molecule is O=C(O)C(F)(F)F.c1cnn(CC2CCC3(COCCN(Cc4ccsc4)C3)O2)c1. The van der Waals surface area contributed by atoms with E-state index < -0.39 is 12.1 Å². The van der Waals surface area contributed by atoms with E-state index in [4.69, 9.17) is 19.4 Å². The molecule has 0 aliphatic carbocycles. The number of hydrogen-bond donors (Lipinski definition) is 1. The first-order valence-electron chi connectivity index (χ1n) is 9.52. The first-order chi connectivity index (χ1) is 14.3. The van der Waals surface area contributed by atoms with Gasteiger partial charge in [-0.2, -0.15) is 29.6 Å². The molecule has 2 aliphatic heterocycles. The van der Waals surface area contributed by atoms with E-state index in [2.05, 4.69) is 26.8 Å². The molecule has 30 heavy (non-hydrogen) atoms. The molecule has 11 heteroatoms. The first-order valence-corrected chi connectivity index (χ1v) is 10.5. The lowest BCUT2D eigenvalue weighted by Crippen LogP contribution is -2.44. The van der Waals surface area contributed by atoms with Crippen LogP contribution in [0, 0.1) is 0 Å². The summed E-state index contributed by atoms with van der Waals surface area (Å²) in [7, 11) is 0. The highest BCUT2D eigenvalue weighted by atomic mass is 32.1. The maximum atomic E-state index is 10.6. The minimum atomic E-state index is -5.08. The summed E-state index contributed by atoms with van der Waals surface area (Å²) in [6, 6.07) is 4.17. The summed E-state index contributed by atoms with van der Waals surface area (Å²) < 4.78 is 46.0. The highest BCUT2D eigenvalue weighted by Gasteiger charge is 2.43. The molecule has 1 spiro atoms. The standard InChI is InChI=1S/C17H23N3O2S.C2HF3O2/c1-5-18-20(6-1)11-16-2-4-17(22-16)13-19(7-8-21-14-17)10-15-3-9-23-12-15;3-2(4,5)1(6)7/h1,3,5-6,9,12,16H,2,4,7-8,10-11,13-14H2;(H,6,7). The van der Waals surface area contributed by atoms with Gasteiger partial charge in [-0.25, -0.2) is 4.79 Å². The summed E-state index contributed by atoms with van der Waals surface area (Å²) in [5, 5.41) is 15.8. The Balaban J connectivity index is 0.000000318. The maximum Gasteiger partial charge on any atom is 0.490 e. The molecule has 0 saturated carbocycles. The lowest BCUT2D eigenvalue weighted by molar-refractivity contribution is -0.192. The molecule has 7 nitrogen and oxygen atoms in total. The van der Waals surface area contributed by atoms with E-state index in [1.165, 1.54) is 5.56 Å². The van der Waals surface area contributed by atoms with Crippen LogP contribution in [-0.2, 0) is 27.4 Å². The lowest BCUT2D eigenvalue weighted by Gasteiger charge is -2.31. The summed E-state index contributed by atoms with van der Waals surface area (Å²) in [5.41, 5.74) is 1.24. The number of halogens is 3. The molecular weight excluding hydrogens is 423 g/mol. The molecule has 2 saturated heterocycles. The highest BCUT2D eigenvalue weighted by molar-refractivity contribution is 7.07. The van der Waals surface area contributed by atoms with Gasteiger partial charge in [0, 0.05) is 32.0 Å². The number of hydrogen-bond acceptors (Lipinski definition) is 6. The van der Waals surface area contributed by atoms with Crippen LogP contribution in [-0.4, -0.2) is 69.9 Å². The van der Waals surface area contributed by atoms with Crippen molar-refractivity contribution in [3.8, 4) is 0 Å². The van der Waals surface area contributed by atoms with Crippen LogP contribution in [0.1, 0.15) is 18.4 Å². The lowest BCUT2D eigenvalue weighted by atomic mass is 10.00. The van der Waals surface area contributed by atoms with Gasteiger partial charge in [0.1, 0.15) is 5.60 Å². The van der Waals surface area contributed by atoms with Gasteiger partial charge in [-0.15, -0.1) is 0 Å². The first kappa shape index (κ1) is 22.7. The predicted molar refractivity (Wildman–Crippen MR) is 103 cm³/mol. The van der Waals surface area contributed by atoms with E-state index in [-0.39, 0.29) is 11.7 Å². The van der Waals surface area contributed by atoms with Gasteiger partial charge < -0.3 is 14.6 Å². The van der Waals surface area contributed by atoms with Crippen molar-refractivity contribution in [1.29, 1.82) is 0 Å². The van der Waals surface area contributed by atoms with Crippen LogP contribution in [0.4, 0.5) is 13.2 Å². The number of aliphatic carboxylic acids is 1. The van der Waals surface area contributed by atoms with Crippen LogP contribution >= 0.6 is 11.3 Å². The fourth-order valence-corrected chi connectivity index (χ4v) is 4.28. The number of alkyl halides is 3. The van der Waals surface area contributed by atoms with Crippen LogP contribution in [0.3, 0.4) is 0 Å². The largest absolute Gasteiger partial charge is 0.490 e. The molecule has 0 bridgehead atoms. The minimum Gasteiger partial charge on any atom is -0.475 e. The maximum absolute atomic E-state index is 10.6. The van der Waals surface area contributed by atoms with Gasteiger partial charge in [-0.3, -0.25) is 9.58 Å². The second-order valence-corrected chi connectivity index (χ2v) is 8.17. The molecule has 2 aliphatic rings. The number of carboxylic acids is 1. The number of carbonyl (C=O) groups is 1. The van der Waals surface area contributed by atoms with E-state index in [0.29, 0.717) is 6.61 Å². The highest BCUT2D eigenvalue weighted by Crippen LogP contribution is 2.34. The minimum absolute atomic E-state index is 0.148. The second-order valence-electron chi connectivity index (χ2n) is 7.39. The fourth-order valence-electron chi connectivity index (χ4n) is 3.62. The van der Waals surface area contributed by atoms with Crippen molar-refractivity contribution >= 4 is 17.3 Å². The number of nitrogens with zero attached hydrogens (tertiary/aromatic N) is 3. The Morgan fingerprint density at radius 1 is 1.43 bits per heavy atom. The van der Waals surface area contributed by atoms with Crippen LogP contribution in [0.2, 0.25) is 0 Å². The summed E-state index contributed by atoms with van der Waals surface area (Å²) in [6.45, 7) is 5.26. The van der Waals surface area contributed by atoms with Gasteiger partial charge in [0.25, 0.3) is 0 Å². The topological polar surface area (TPSA) is 76.8 Å². The molecule has 2 fully saturated rings. The summed E-state index contributed by atoms with van der Waals surface area (Å²) >= 11 is 1.76. The third kappa shape index (κ3) is 6.53. The van der Waals surface area contributed by atoms with Crippen molar-refractivity contribution in [3.05, 3.63) is 40.8 Å². The van der Waals surface area contributed by atoms with E-state index in [0.717, 1.165) is 45.6 Å². The number of thiophene rings is 1. The molecule has 0 amide bonds. The average Bonchev–Trinajstić information content (AvgIpc) is 3.40. The Morgan fingerprint density at radius 2 is 2.23 bits per heavy atom. The van der Waals surface area contributed by atoms with Crippen LogP contribution < -0.4 is 0 Å². The molecule has 2 aromatic heterocycles. The molecule has 2 aromatic rings. The smallest absolute Gasteiger partial charge is 0.475 e. The Morgan fingerprint density at radius 3 is 2.87 bits per heavy atom. The molecule has 1 N–H and O–H groups in total. The third-order valence-electron chi connectivity index (χ3n) is 4.95. The number of ether oxygens (including phenoxy) is 2. The molecule has 4 rings (SSSR count). The quantitative estimate of drug-likeness (QED) is 0.777. The molecule has 2 unspecified atom stereocenters. The summed E-state index contributed by atoms with van der Waals surface area (Å²) in [4.78, 5) is 11.4. The van der Waals surface area contributed by atoms with Gasteiger partial charge in [0.2, 0.25) is 0 Å². The average molecular weight is 447 g/mol. The normalized spacial score (nSPS) is 25.0. The van der Waals surface area contributed by atoms with Crippen LogP contribution in [0.5, 0.6) is 0 Å². The predicted octanol–water partition coefficient (Wildman–Crippen LogP) is 3.03. The zero-order valence-corrected chi connectivity index (χ0v) is 17.1. The summed E-state index contributed by atoms with van der Waals surface area (Å²) in [6.07, 6.45) is 1.12. The van der Waals surface area contributed by atoms with Crippen molar-refractivity contribution in [2.24, 2.45) is 0 Å². The Labute approximate surface area is 176 Å². The van der Waals surface area contributed by atoms with Crippen molar-refractivity contribution in [2.75, 3.05) is 26.3 Å². The molecule has 2 atom stereocenters. The van der Waals surface area contributed by atoms with E-state index in [9.17, 15) is 13.2 Å². The third-order valence-corrected chi connectivity index (χ3v) is 5.68. The van der Waals surface area contributed by atoms with E-state index >= 15 is 0 Å². The monoisotopic (exact) mass is 447 g/mol. The fraction of sp³-hybridized carbons (Fsp3) is 0.579. The number of aromatic nitrogens is 2. The van der Waals surface area contributed by atoms with Gasteiger partial charge in [0.15, 0.2) is 0 Å². The zero-order valence-electron chi connectivity index (χ0n) is 16.3. The zero-order chi connectivity index (χ0) is 21.6. The Hall–Kier alpha value is -1.95. The van der Waals surface area contributed by atoms with Gasteiger partial charge >= 0.3 is 12.1 Å². The summed E-state index contributed by atoms with van der Waals surface area (Å²) in [5.74, 6) is -2.76. The second kappa shape index (κ2) is 9.90. The number of rotatable bonds is 4. The van der Waals surface area contributed by atoms with Crippen molar-refractivity contribution in [1.82, 2.24) is 14.7 Å². The molecule has 0 radical (unpaired) electrons. The number of carboxylic acid groups (broad SMARTS) is 1. The van der Waals surface area contributed by atoms with Gasteiger partial charge in [-0.05, 0) is 41.3 Å². The van der Waals surface area contributed by atoms with Crippen molar-refractivity contribution in [2.45, 2.75) is 43.8 Å². The van der Waals surface area contributed by atoms with Gasteiger partial charge in [0.05, 0.1) is 25.9 Å². The van der Waals surface area contributed by atoms with E-state index in [1.54, 1.807) is 11.3 Å². The Kier molecular flexibility index (Phi) is 7.50. The van der Waals surface area contributed by atoms with Crippen molar-refractivity contribution < 1.29 is 32.5 Å². The van der Waals surface area contributed by atoms with Gasteiger partial charge in [-0.1, -0.05) is 0 Å². The molecule has 0 aromatic carbocycles.